The average molecular weight is 283 g/mol. The molecule has 0 saturated heterocycles. The lowest BCUT2D eigenvalue weighted by Crippen LogP contribution is -2.14. The lowest BCUT2D eigenvalue weighted by Gasteiger charge is -2.02. The molecule has 2 rings (SSSR count). The van der Waals surface area contributed by atoms with E-state index in [9.17, 15) is 4.79 Å². The summed E-state index contributed by atoms with van der Waals surface area (Å²) in [7, 11) is 0. The van der Waals surface area contributed by atoms with Crippen LogP contribution in [0, 0.1) is 11.8 Å². The molecular formula is C17H17NO3. The summed E-state index contributed by atoms with van der Waals surface area (Å²) in [4.78, 5) is 11.2. The first-order chi connectivity index (χ1) is 10.3. The Labute approximate surface area is 123 Å². The fourth-order valence-electron chi connectivity index (χ4n) is 1.72. The molecule has 0 saturated carbocycles. The normalized spacial score (nSPS) is 9.90. The summed E-state index contributed by atoms with van der Waals surface area (Å²) in [6, 6.07) is 8.48. The maximum Gasteiger partial charge on any atom is 0.336 e. The summed E-state index contributed by atoms with van der Waals surface area (Å²) in [6.45, 7) is 5.45. The molecule has 1 heterocycles. The molecule has 1 aromatic heterocycles. The Morgan fingerprint density at radius 1 is 1.29 bits per heavy atom. The van der Waals surface area contributed by atoms with Crippen LogP contribution in [0.2, 0.25) is 0 Å². The largest absolute Gasteiger partial charge is 0.481 e. The summed E-state index contributed by atoms with van der Waals surface area (Å²) in [6.07, 6.45) is 2.79. The molecule has 21 heavy (non-hydrogen) atoms. The zero-order valence-electron chi connectivity index (χ0n) is 11.7. The Hall–Kier alpha value is -2.51. The van der Waals surface area contributed by atoms with Gasteiger partial charge in [0.25, 0.3) is 0 Å². The van der Waals surface area contributed by atoms with Gasteiger partial charge in [-0.1, -0.05) is 17.9 Å². The van der Waals surface area contributed by atoms with Crippen LogP contribution in [0.5, 0.6) is 5.75 Å². The first-order valence-corrected chi connectivity index (χ1v) is 6.73. The number of ether oxygens (including phenoxy) is 1. The van der Waals surface area contributed by atoms with Crippen LogP contribution in [-0.4, -0.2) is 19.7 Å². The molecule has 0 aliphatic carbocycles. The van der Waals surface area contributed by atoms with E-state index in [-0.39, 0.29) is 5.63 Å². The number of fused-ring (bicyclic) bond motifs is 1. The Bertz CT molecular complexity index is 722. The van der Waals surface area contributed by atoms with Crippen LogP contribution in [0.4, 0.5) is 0 Å². The van der Waals surface area contributed by atoms with Crippen LogP contribution < -0.4 is 15.7 Å². The van der Waals surface area contributed by atoms with Crippen LogP contribution in [-0.2, 0) is 0 Å². The highest BCUT2D eigenvalue weighted by atomic mass is 16.5. The smallest absolute Gasteiger partial charge is 0.336 e. The van der Waals surface area contributed by atoms with Gasteiger partial charge in [0.05, 0.1) is 6.54 Å². The van der Waals surface area contributed by atoms with Gasteiger partial charge in [0.2, 0.25) is 0 Å². The van der Waals surface area contributed by atoms with Crippen molar-refractivity contribution < 1.29 is 9.15 Å². The van der Waals surface area contributed by atoms with E-state index in [1.165, 1.54) is 6.07 Å². The molecular weight excluding hydrogens is 266 g/mol. The van der Waals surface area contributed by atoms with Crippen molar-refractivity contribution >= 4 is 11.0 Å². The van der Waals surface area contributed by atoms with Gasteiger partial charge in [-0.2, -0.15) is 0 Å². The van der Waals surface area contributed by atoms with Crippen LogP contribution in [0.25, 0.3) is 11.0 Å². The molecule has 0 unspecified atom stereocenters. The first kappa shape index (κ1) is 14.9. The van der Waals surface area contributed by atoms with Crippen LogP contribution in [0.3, 0.4) is 0 Å². The van der Waals surface area contributed by atoms with E-state index in [0.29, 0.717) is 24.5 Å². The number of hydrogen-bond donors (Lipinski definition) is 1. The summed E-state index contributed by atoms with van der Waals surface area (Å²) < 4.78 is 10.6. The minimum atomic E-state index is -0.370. The fourth-order valence-corrected chi connectivity index (χ4v) is 1.72. The van der Waals surface area contributed by atoms with Crippen molar-refractivity contribution in [2.75, 3.05) is 19.7 Å². The molecule has 4 heteroatoms. The van der Waals surface area contributed by atoms with Crippen molar-refractivity contribution in [1.82, 2.24) is 5.32 Å². The van der Waals surface area contributed by atoms with Crippen LogP contribution >= 0.6 is 0 Å². The third kappa shape index (κ3) is 4.83. The van der Waals surface area contributed by atoms with Gasteiger partial charge in [-0.05, 0) is 31.2 Å². The quantitative estimate of drug-likeness (QED) is 0.383. The Balaban J connectivity index is 1.85. The van der Waals surface area contributed by atoms with Crippen molar-refractivity contribution in [2.45, 2.75) is 6.42 Å². The van der Waals surface area contributed by atoms with E-state index >= 15 is 0 Å². The van der Waals surface area contributed by atoms with Gasteiger partial charge < -0.3 is 14.5 Å². The molecule has 2 aromatic rings. The second kappa shape index (κ2) is 7.93. The summed E-state index contributed by atoms with van der Waals surface area (Å²) >= 11 is 0. The van der Waals surface area contributed by atoms with Crippen LogP contribution in [0.1, 0.15) is 6.42 Å². The molecule has 4 nitrogen and oxygen atoms in total. The van der Waals surface area contributed by atoms with Gasteiger partial charge >= 0.3 is 5.63 Å². The summed E-state index contributed by atoms with van der Waals surface area (Å²) in [5.74, 6) is 6.51. The number of rotatable bonds is 6. The molecule has 0 radical (unpaired) electrons. The van der Waals surface area contributed by atoms with Crippen molar-refractivity contribution in [3.8, 4) is 17.6 Å². The molecule has 1 aromatic carbocycles. The second-order valence-corrected chi connectivity index (χ2v) is 4.35. The molecule has 0 bridgehead atoms. The van der Waals surface area contributed by atoms with Gasteiger partial charge in [0, 0.05) is 17.5 Å². The molecule has 0 fully saturated rings. The van der Waals surface area contributed by atoms with E-state index in [1.54, 1.807) is 12.1 Å². The van der Waals surface area contributed by atoms with Crippen LogP contribution in [0.15, 0.2) is 52.2 Å². The standard InChI is InChI=1S/C17H17NO3/c1-2-3-10-18-11-4-5-12-20-15-8-6-14-7-9-17(19)21-16(14)13-15/h2,6-9,13,18H,1,3,10-12H2. The predicted octanol–water partition coefficient (Wildman–Crippen LogP) is 2.34. The Morgan fingerprint density at radius 3 is 3.00 bits per heavy atom. The van der Waals surface area contributed by atoms with Gasteiger partial charge in [-0.25, -0.2) is 4.79 Å². The third-order valence-electron chi connectivity index (χ3n) is 2.77. The molecule has 0 spiro atoms. The van der Waals surface area contributed by atoms with Gasteiger partial charge in [-0.15, -0.1) is 6.58 Å². The van der Waals surface area contributed by atoms with Gasteiger partial charge in [0.1, 0.15) is 17.9 Å². The molecule has 0 atom stereocenters. The maximum absolute atomic E-state index is 11.2. The third-order valence-corrected chi connectivity index (χ3v) is 2.77. The van der Waals surface area contributed by atoms with Gasteiger partial charge in [0.15, 0.2) is 0 Å². The van der Waals surface area contributed by atoms with E-state index in [1.807, 2.05) is 18.2 Å². The maximum atomic E-state index is 11.2. The summed E-state index contributed by atoms with van der Waals surface area (Å²) in [5.41, 5.74) is 0.143. The summed E-state index contributed by atoms with van der Waals surface area (Å²) in [5, 5.41) is 4.03. The first-order valence-electron chi connectivity index (χ1n) is 6.73. The molecule has 0 aliphatic rings. The molecule has 0 amide bonds. The molecule has 108 valence electrons. The SMILES string of the molecule is C=CCCNCC#CCOc1ccc2ccc(=O)oc2c1. The highest BCUT2D eigenvalue weighted by Gasteiger charge is 1.99. The predicted molar refractivity (Wildman–Crippen MR) is 83.4 cm³/mol. The zero-order chi connectivity index (χ0) is 14.9. The fraction of sp³-hybridized carbons (Fsp3) is 0.235. The average Bonchev–Trinajstić information content (AvgIpc) is 2.49. The highest BCUT2D eigenvalue weighted by molar-refractivity contribution is 5.77. The van der Waals surface area contributed by atoms with Crippen molar-refractivity contribution in [1.29, 1.82) is 0 Å². The van der Waals surface area contributed by atoms with Crippen molar-refractivity contribution in [3.63, 3.8) is 0 Å². The minimum absolute atomic E-state index is 0.297. The van der Waals surface area contributed by atoms with Crippen molar-refractivity contribution in [3.05, 3.63) is 53.4 Å². The van der Waals surface area contributed by atoms with Gasteiger partial charge in [-0.3, -0.25) is 0 Å². The second-order valence-electron chi connectivity index (χ2n) is 4.35. The highest BCUT2D eigenvalue weighted by Crippen LogP contribution is 2.19. The number of benzene rings is 1. The molecule has 1 N–H and O–H groups in total. The lowest BCUT2D eigenvalue weighted by molar-refractivity contribution is 0.370. The minimum Gasteiger partial charge on any atom is -0.481 e. The molecule has 0 aliphatic heterocycles. The monoisotopic (exact) mass is 283 g/mol. The Morgan fingerprint density at radius 2 is 2.14 bits per heavy atom. The van der Waals surface area contributed by atoms with E-state index in [4.69, 9.17) is 9.15 Å². The lowest BCUT2D eigenvalue weighted by atomic mass is 10.2. The number of hydrogen-bond acceptors (Lipinski definition) is 4. The van der Waals surface area contributed by atoms with E-state index < -0.39 is 0 Å². The number of nitrogens with one attached hydrogen (secondary N) is 1. The topological polar surface area (TPSA) is 51.5 Å². The Kier molecular flexibility index (Phi) is 5.62. The van der Waals surface area contributed by atoms with Crippen molar-refractivity contribution in [2.24, 2.45) is 0 Å². The zero-order valence-corrected chi connectivity index (χ0v) is 11.7. The van der Waals surface area contributed by atoms with E-state index in [2.05, 4.69) is 23.7 Å². The van der Waals surface area contributed by atoms with E-state index in [0.717, 1.165) is 18.4 Å².